The molecule has 28 heavy (non-hydrogen) atoms. The Kier molecular flexibility index (Phi) is 8.42. The molecule has 1 heterocycles. The van der Waals surface area contributed by atoms with E-state index in [1.807, 2.05) is 43.1 Å². The van der Waals surface area contributed by atoms with Crippen LogP contribution in [0.2, 0.25) is 0 Å². The van der Waals surface area contributed by atoms with Crippen LogP contribution >= 0.6 is 0 Å². The van der Waals surface area contributed by atoms with Crippen LogP contribution in [0, 0.1) is 18.7 Å². The fourth-order valence-corrected chi connectivity index (χ4v) is 3.57. The van der Waals surface area contributed by atoms with Crippen LogP contribution in [-0.2, 0) is 0 Å². The number of pyridine rings is 1. The van der Waals surface area contributed by atoms with E-state index >= 15 is 0 Å². The molecule has 0 radical (unpaired) electrons. The van der Waals surface area contributed by atoms with Crippen molar-refractivity contribution < 1.29 is 15.3 Å². The maximum atomic E-state index is 13.1. The minimum absolute atomic E-state index is 0. The summed E-state index contributed by atoms with van der Waals surface area (Å²) in [5, 5.41) is 0. The molecule has 2 unspecified atom stereocenters. The molecule has 154 valence electrons. The zero-order valence-electron chi connectivity index (χ0n) is 17.3. The predicted molar refractivity (Wildman–Crippen MR) is 112 cm³/mol. The SMILES string of the molecule is CCCC(COc1ccc(F)cn1)C(CCC)N(C)C(=O)c1cccc(C)c1.[HH]. The van der Waals surface area contributed by atoms with Crippen molar-refractivity contribution in [3.8, 4) is 5.88 Å². The number of benzene rings is 1. The van der Waals surface area contributed by atoms with Crippen LogP contribution in [0.3, 0.4) is 0 Å². The number of nitrogens with zero attached hydrogens (tertiary/aromatic N) is 2. The number of carbonyl (C=O) groups is 1. The number of halogens is 1. The van der Waals surface area contributed by atoms with Gasteiger partial charge in [-0.3, -0.25) is 4.79 Å². The number of amides is 1. The van der Waals surface area contributed by atoms with Gasteiger partial charge in [-0.15, -0.1) is 0 Å². The van der Waals surface area contributed by atoms with Gasteiger partial charge in [0.25, 0.3) is 5.91 Å². The molecule has 0 aliphatic rings. The van der Waals surface area contributed by atoms with E-state index in [9.17, 15) is 9.18 Å². The van der Waals surface area contributed by atoms with E-state index in [2.05, 4.69) is 18.8 Å². The predicted octanol–water partition coefficient (Wildman–Crippen LogP) is 5.51. The van der Waals surface area contributed by atoms with E-state index < -0.39 is 0 Å². The van der Waals surface area contributed by atoms with Crippen LogP contribution in [-0.4, -0.2) is 35.5 Å². The molecule has 0 N–H and O–H groups in total. The highest BCUT2D eigenvalue weighted by molar-refractivity contribution is 5.94. The van der Waals surface area contributed by atoms with Gasteiger partial charge in [0.15, 0.2) is 0 Å². The number of aromatic nitrogens is 1. The Bertz CT molecular complexity index is 755. The van der Waals surface area contributed by atoms with Gasteiger partial charge < -0.3 is 9.64 Å². The molecule has 2 aromatic rings. The molecule has 0 aliphatic heterocycles. The number of ether oxygens (including phenoxy) is 1. The summed E-state index contributed by atoms with van der Waals surface area (Å²) >= 11 is 0. The zero-order chi connectivity index (χ0) is 20.5. The van der Waals surface area contributed by atoms with Crippen LogP contribution in [0.4, 0.5) is 4.39 Å². The third-order valence-corrected chi connectivity index (χ3v) is 5.02. The molecule has 1 aromatic carbocycles. The van der Waals surface area contributed by atoms with Crippen LogP contribution in [0.25, 0.3) is 0 Å². The van der Waals surface area contributed by atoms with Gasteiger partial charge in [0.2, 0.25) is 5.88 Å². The summed E-state index contributed by atoms with van der Waals surface area (Å²) in [7, 11) is 1.88. The largest absolute Gasteiger partial charge is 0.477 e. The van der Waals surface area contributed by atoms with E-state index in [1.165, 1.54) is 12.1 Å². The monoisotopic (exact) mass is 388 g/mol. The average Bonchev–Trinajstić information content (AvgIpc) is 2.69. The fraction of sp³-hybridized carbons (Fsp3) is 0.478. The van der Waals surface area contributed by atoms with Crippen molar-refractivity contribution in [1.29, 1.82) is 0 Å². The third-order valence-electron chi connectivity index (χ3n) is 5.02. The summed E-state index contributed by atoms with van der Waals surface area (Å²) in [6.45, 7) is 6.70. The number of hydrogen-bond acceptors (Lipinski definition) is 3. The Morgan fingerprint density at radius 2 is 1.96 bits per heavy atom. The highest BCUT2D eigenvalue weighted by Gasteiger charge is 2.28. The smallest absolute Gasteiger partial charge is 0.253 e. The summed E-state index contributed by atoms with van der Waals surface area (Å²) in [5.41, 5.74) is 1.78. The lowest BCUT2D eigenvalue weighted by Crippen LogP contribution is -2.44. The van der Waals surface area contributed by atoms with Crippen LogP contribution in [0.5, 0.6) is 5.88 Å². The van der Waals surface area contributed by atoms with Crippen molar-refractivity contribution in [2.45, 2.75) is 52.5 Å². The molecule has 2 rings (SSSR count). The molecule has 0 saturated carbocycles. The number of hydrogen-bond donors (Lipinski definition) is 0. The van der Waals surface area contributed by atoms with Crippen molar-refractivity contribution in [1.82, 2.24) is 9.88 Å². The maximum Gasteiger partial charge on any atom is 0.253 e. The van der Waals surface area contributed by atoms with Crippen molar-refractivity contribution in [2.24, 2.45) is 5.92 Å². The number of carbonyl (C=O) groups excluding carboxylic acids is 1. The van der Waals surface area contributed by atoms with Crippen molar-refractivity contribution in [2.75, 3.05) is 13.7 Å². The Hall–Kier alpha value is -2.43. The Balaban J connectivity index is 0.00000420. The standard InChI is InChI=1S/C23H31FN2O2.H2/c1-5-8-19(16-28-22-13-12-20(24)15-25-22)21(9-6-2)26(4)23(27)18-11-7-10-17(3)14-18;/h7,10-15,19,21H,5-6,8-9,16H2,1-4H3;1H. The van der Waals surface area contributed by atoms with Gasteiger partial charge in [-0.05, 0) is 38.0 Å². The molecular formula is C23H33FN2O2. The summed E-state index contributed by atoms with van der Waals surface area (Å²) in [4.78, 5) is 18.9. The molecule has 1 amide bonds. The lowest BCUT2D eigenvalue weighted by molar-refractivity contribution is 0.0594. The summed E-state index contributed by atoms with van der Waals surface area (Å²) in [6.07, 6.45) is 4.97. The second-order valence-corrected chi connectivity index (χ2v) is 7.32. The van der Waals surface area contributed by atoms with Gasteiger partial charge in [0.05, 0.1) is 12.8 Å². The second-order valence-electron chi connectivity index (χ2n) is 7.32. The molecule has 4 nitrogen and oxygen atoms in total. The van der Waals surface area contributed by atoms with Crippen LogP contribution in [0.1, 0.15) is 56.9 Å². The first-order valence-electron chi connectivity index (χ1n) is 10.0. The highest BCUT2D eigenvalue weighted by atomic mass is 19.1. The van der Waals surface area contributed by atoms with Crippen LogP contribution < -0.4 is 4.74 Å². The summed E-state index contributed by atoms with van der Waals surface area (Å²) in [5.74, 6) is 0.231. The van der Waals surface area contributed by atoms with Crippen LogP contribution in [0.15, 0.2) is 42.6 Å². The summed E-state index contributed by atoms with van der Waals surface area (Å²) in [6, 6.07) is 10.6. The minimum Gasteiger partial charge on any atom is -0.477 e. The molecule has 0 fully saturated rings. The first-order valence-corrected chi connectivity index (χ1v) is 10.0. The summed E-state index contributed by atoms with van der Waals surface area (Å²) < 4.78 is 18.9. The molecule has 0 aliphatic carbocycles. The normalized spacial score (nSPS) is 13.0. The Morgan fingerprint density at radius 3 is 2.57 bits per heavy atom. The Labute approximate surface area is 169 Å². The molecule has 1 aromatic heterocycles. The minimum atomic E-state index is -0.384. The van der Waals surface area contributed by atoms with E-state index in [0.717, 1.165) is 37.4 Å². The molecule has 2 atom stereocenters. The molecule has 0 spiro atoms. The zero-order valence-corrected chi connectivity index (χ0v) is 17.3. The Morgan fingerprint density at radius 1 is 1.21 bits per heavy atom. The van der Waals surface area contributed by atoms with Gasteiger partial charge in [0, 0.05) is 32.1 Å². The molecule has 5 heteroatoms. The lowest BCUT2D eigenvalue weighted by Gasteiger charge is -2.34. The van der Waals surface area contributed by atoms with E-state index in [-0.39, 0.29) is 25.1 Å². The van der Waals surface area contributed by atoms with Gasteiger partial charge in [-0.1, -0.05) is 44.4 Å². The van der Waals surface area contributed by atoms with E-state index in [4.69, 9.17) is 4.74 Å². The molecule has 0 saturated heterocycles. The topological polar surface area (TPSA) is 42.4 Å². The van der Waals surface area contributed by atoms with Crippen molar-refractivity contribution in [3.63, 3.8) is 0 Å². The van der Waals surface area contributed by atoms with Gasteiger partial charge in [-0.25, -0.2) is 9.37 Å². The van der Waals surface area contributed by atoms with Crippen molar-refractivity contribution in [3.05, 3.63) is 59.5 Å². The average molecular weight is 389 g/mol. The maximum absolute atomic E-state index is 13.1. The van der Waals surface area contributed by atoms with E-state index in [1.54, 1.807) is 0 Å². The number of rotatable bonds is 10. The quantitative estimate of drug-likeness (QED) is 0.539. The molecular weight excluding hydrogens is 355 g/mol. The second kappa shape index (κ2) is 10.8. The first kappa shape index (κ1) is 21.9. The van der Waals surface area contributed by atoms with Gasteiger partial charge in [-0.2, -0.15) is 0 Å². The van der Waals surface area contributed by atoms with Gasteiger partial charge in [0.1, 0.15) is 5.82 Å². The fourth-order valence-electron chi connectivity index (χ4n) is 3.57. The number of aryl methyl sites for hydroxylation is 1. The lowest BCUT2D eigenvalue weighted by atomic mass is 9.90. The third kappa shape index (κ3) is 6.04. The molecule has 0 bridgehead atoms. The van der Waals surface area contributed by atoms with Gasteiger partial charge >= 0.3 is 0 Å². The first-order chi connectivity index (χ1) is 13.5. The van der Waals surface area contributed by atoms with E-state index in [0.29, 0.717) is 18.1 Å². The van der Waals surface area contributed by atoms with Crippen molar-refractivity contribution >= 4 is 5.91 Å². The highest BCUT2D eigenvalue weighted by Crippen LogP contribution is 2.24.